The first-order valence-electron chi connectivity index (χ1n) is 10.8. The summed E-state index contributed by atoms with van der Waals surface area (Å²) < 4.78 is 6.95. The van der Waals surface area contributed by atoms with Crippen molar-refractivity contribution in [3.63, 3.8) is 0 Å². The first-order chi connectivity index (χ1) is 16.4. The predicted octanol–water partition coefficient (Wildman–Crippen LogP) is 7.25. The van der Waals surface area contributed by atoms with Gasteiger partial charge in [-0.3, -0.25) is 4.79 Å². The molecule has 4 aromatic rings. The number of anilines is 1. The molecule has 0 unspecified atom stereocenters. The zero-order valence-electron chi connectivity index (χ0n) is 18.2. The lowest BCUT2D eigenvalue weighted by Crippen LogP contribution is -2.15. The molecule has 0 aliphatic heterocycles. The topological polar surface area (TPSA) is 56.1 Å². The number of amides is 1. The summed E-state index contributed by atoms with van der Waals surface area (Å²) in [5.41, 5.74) is 5.47. The second-order valence-corrected chi connectivity index (χ2v) is 9.30. The van der Waals surface area contributed by atoms with Crippen LogP contribution in [0.5, 0.6) is 5.75 Å². The van der Waals surface area contributed by atoms with Crippen LogP contribution in [-0.4, -0.2) is 22.8 Å². The average Bonchev–Trinajstić information content (AvgIpc) is 3.08. The summed E-state index contributed by atoms with van der Waals surface area (Å²) in [5.74, 6) is 0.423. The number of aromatic nitrogens is 2. The second-order valence-electron chi connectivity index (χ2n) is 8.02. The third-order valence-electron chi connectivity index (χ3n) is 5.88. The average molecular weight is 513 g/mol. The van der Waals surface area contributed by atoms with Crippen molar-refractivity contribution in [3.8, 4) is 22.7 Å². The van der Waals surface area contributed by atoms with Crippen molar-refractivity contribution >= 4 is 46.4 Å². The fourth-order valence-electron chi connectivity index (χ4n) is 4.29. The van der Waals surface area contributed by atoms with E-state index in [4.69, 9.17) is 44.6 Å². The van der Waals surface area contributed by atoms with E-state index in [9.17, 15) is 4.79 Å². The molecule has 1 N–H and O–H groups in total. The molecule has 172 valence electrons. The minimum Gasteiger partial charge on any atom is -0.497 e. The number of ether oxygens (including phenoxy) is 1. The third-order valence-corrected chi connectivity index (χ3v) is 6.65. The highest BCUT2D eigenvalue weighted by molar-refractivity contribution is 6.35. The number of hydrogen-bond donors (Lipinski definition) is 1. The van der Waals surface area contributed by atoms with E-state index in [0.717, 1.165) is 35.2 Å². The summed E-state index contributed by atoms with van der Waals surface area (Å²) in [4.78, 5) is 13.4. The standard InChI is InChI=1S/C26H20Cl3N3O2/c1-34-19-9-7-18(8-10-19)30-26(33)24-21-4-2-3-15-13-16(27)5-11-20(15)25(21)32(31-24)23-12-6-17(28)14-22(23)29/h5-14H,2-4H2,1H3,(H,30,33). The molecule has 0 spiro atoms. The van der Waals surface area contributed by atoms with Crippen LogP contribution in [0.1, 0.15) is 28.0 Å². The minimum atomic E-state index is -0.289. The summed E-state index contributed by atoms with van der Waals surface area (Å²) in [6.07, 6.45) is 2.40. The van der Waals surface area contributed by atoms with E-state index in [2.05, 4.69) is 5.32 Å². The molecule has 5 rings (SSSR count). The highest BCUT2D eigenvalue weighted by Gasteiger charge is 2.28. The number of carbonyl (C=O) groups excluding carboxylic acids is 1. The van der Waals surface area contributed by atoms with Gasteiger partial charge in [-0.05, 0) is 79.4 Å². The van der Waals surface area contributed by atoms with E-state index in [0.29, 0.717) is 44.3 Å². The maximum Gasteiger partial charge on any atom is 0.276 e. The maximum atomic E-state index is 13.4. The Morgan fingerprint density at radius 3 is 2.44 bits per heavy atom. The van der Waals surface area contributed by atoms with Gasteiger partial charge in [0.2, 0.25) is 0 Å². The van der Waals surface area contributed by atoms with Gasteiger partial charge in [0.05, 0.1) is 23.5 Å². The molecule has 1 aromatic heterocycles. The van der Waals surface area contributed by atoms with E-state index >= 15 is 0 Å². The molecule has 0 saturated carbocycles. The van der Waals surface area contributed by atoms with E-state index < -0.39 is 0 Å². The minimum absolute atomic E-state index is 0.289. The molecule has 1 aliphatic carbocycles. The first kappa shape index (κ1) is 22.8. The smallest absolute Gasteiger partial charge is 0.276 e. The largest absolute Gasteiger partial charge is 0.497 e. The summed E-state index contributed by atoms with van der Waals surface area (Å²) in [5, 5.41) is 9.37. The molecule has 0 bridgehead atoms. The lowest BCUT2D eigenvalue weighted by Gasteiger charge is -2.13. The molecule has 1 heterocycles. The number of carbonyl (C=O) groups is 1. The molecule has 1 amide bonds. The molecule has 0 atom stereocenters. The SMILES string of the molecule is COc1ccc(NC(=O)c2nn(-c3ccc(Cl)cc3Cl)c3c2CCCc2cc(Cl)ccc2-3)cc1. The van der Waals surface area contributed by atoms with Crippen LogP contribution in [0.25, 0.3) is 16.9 Å². The molecule has 1 aliphatic rings. The van der Waals surface area contributed by atoms with Crippen molar-refractivity contribution in [1.82, 2.24) is 9.78 Å². The van der Waals surface area contributed by atoms with Crippen molar-refractivity contribution in [3.05, 3.63) is 92.6 Å². The monoisotopic (exact) mass is 511 g/mol. The lowest BCUT2D eigenvalue weighted by atomic mass is 10.0. The number of hydrogen-bond acceptors (Lipinski definition) is 3. The molecule has 0 saturated heterocycles. The van der Waals surface area contributed by atoms with Crippen LogP contribution >= 0.6 is 34.8 Å². The van der Waals surface area contributed by atoms with Crippen molar-refractivity contribution in [2.24, 2.45) is 0 Å². The van der Waals surface area contributed by atoms with Gasteiger partial charge in [0.15, 0.2) is 5.69 Å². The normalized spacial score (nSPS) is 12.5. The molecular weight excluding hydrogens is 493 g/mol. The molecular formula is C26H20Cl3N3O2. The van der Waals surface area contributed by atoms with Gasteiger partial charge in [-0.25, -0.2) is 4.68 Å². The Kier molecular flexibility index (Phi) is 6.26. The predicted molar refractivity (Wildman–Crippen MR) is 137 cm³/mol. The quantitative estimate of drug-likeness (QED) is 0.313. The number of fused-ring (bicyclic) bond motifs is 3. The molecule has 5 nitrogen and oxygen atoms in total. The lowest BCUT2D eigenvalue weighted by molar-refractivity contribution is 0.102. The van der Waals surface area contributed by atoms with Gasteiger partial charge in [-0.15, -0.1) is 0 Å². The Morgan fingerprint density at radius 1 is 0.971 bits per heavy atom. The second kappa shape index (κ2) is 9.34. The van der Waals surface area contributed by atoms with Crippen LogP contribution in [0.15, 0.2) is 60.7 Å². The van der Waals surface area contributed by atoms with Crippen molar-refractivity contribution in [1.29, 1.82) is 0 Å². The van der Waals surface area contributed by atoms with Gasteiger partial charge in [-0.2, -0.15) is 5.10 Å². The number of aryl methyl sites for hydroxylation is 1. The van der Waals surface area contributed by atoms with Crippen LogP contribution in [0.4, 0.5) is 5.69 Å². The van der Waals surface area contributed by atoms with E-state index in [-0.39, 0.29) is 5.91 Å². The Labute approximate surface area is 212 Å². The molecule has 0 radical (unpaired) electrons. The van der Waals surface area contributed by atoms with Crippen molar-refractivity contribution < 1.29 is 9.53 Å². The van der Waals surface area contributed by atoms with Crippen molar-refractivity contribution in [2.45, 2.75) is 19.3 Å². The van der Waals surface area contributed by atoms with Gasteiger partial charge in [-0.1, -0.05) is 40.9 Å². The number of methoxy groups -OCH3 is 1. The fourth-order valence-corrected chi connectivity index (χ4v) is 4.98. The number of rotatable bonds is 4. The zero-order valence-corrected chi connectivity index (χ0v) is 20.5. The number of nitrogens with one attached hydrogen (secondary N) is 1. The Morgan fingerprint density at radius 2 is 1.71 bits per heavy atom. The molecule has 0 fully saturated rings. The highest BCUT2D eigenvalue weighted by Crippen LogP contribution is 2.39. The zero-order chi connectivity index (χ0) is 23.8. The maximum absolute atomic E-state index is 13.4. The summed E-state index contributed by atoms with van der Waals surface area (Å²) >= 11 is 19.0. The van der Waals surface area contributed by atoms with E-state index in [1.54, 1.807) is 48.2 Å². The van der Waals surface area contributed by atoms with Crippen LogP contribution in [0, 0.1) is 0 Å². The van der Waals surface area contributed by atoms with E-state index in [1.165, 1.54) is 0 Å². The van der Waals surface area contributed by atoms with Gasteiger partial charge in [0.1, 0.15) is 5.75 Å². The number of benzene rings is 3. The summed E-state index contributed by atoms with van der Waals surface area (Å²) in [6, 6.07) is 18.2. The third kappa shape index (κ3) is 4.27. The summed E-state index contributed by atoms with van der Waals surface area (Å²) in [6.45, 7) is 0. The van der Waals surface area contributed by atoms with Crippen LogP contribution in [-0.2, 0) is 12.8 Å². The molecule has 3 aromatic carbocycles. The Balaban J connectivity index is 1.66. The van der Waals surface area contributed by atoms with Gasteiger partial charge >= 0.3 is 0 Å². The van der Waals surface area contributed by atoms with Gasteiger partial charge in [0, 0.05) is 26.9 Å². The van der Waals surface area contributed by atoms with Crippen molar-refractivity contribution in [2.75, 3.05) is 12.4 Å². The Bertz CT molecular complexity index is 1400. The van der Waals surface area contributed by atoms with Crippen LogP contribution in [0.2, 0.25) is 15.1 Å². The molecule has 8 heteroatoms. The summed E-state index contributed by atoms with van der Waals surface area (Å²) in [7, 11) is 1.60. The first-order valence-corrected chi connectivity index (χ1v) is 11.9. The number of halogens is 3. The molecule has 34 heavy (non-hydrogen) atoms. The van der Waals surface area contributed by atoms with Crippen LogP contribution < -0.4 is 10.1 Å². The highest BCUT2D eigenvalue weighted by atomic mass is 35.5. The van der Waals surface area contributed by atoms with Gasteiger partial charge in [0.25, 0.3) is 5.91 Å². The van der Waals surface area contributed by atoms with Gasteiger partial charge < -0.3 is 10.1 Å². The van der Waals surface area contributed by atoms with Crippen LogP contribution in [0.3, 0.4) is 0 Å². The van der Waals surface area contributed by atoms with E-state index in [1.807, 2.05) is 24.3 Å². The Hall–Kier alpha value is -2.99. The fraction of sp³-hybridized carbons (Fsp3) is 0.154. The number of nitrogens with zero attached hydrogens (tertiary/aromatic N) is 2.